The number of hydrogen-bond acceptors (Lipinski definition) is 8. The largest absolute Gasteiger partial charge is 0.481 e. The molecule has 0 heterocycles. The molecule has 0 saturated heterocycles. The highest BCUT2D eigenvalue weighted by molar-refractivity contribution is 5.63. The predicted octanol–water partition coefficient (Wildman–Crippen LogP) is -1.71. The average molecular weight is 346 g/mol. The highest BCUT2D eigenvalue weighted by Gasteiger charge is 2.20. The predicted molar refractivity (Wildman–Crippen MR) is 78.2 cm³/mol. The fourth-order valence-corrected chi connectivity index (χ4v) is 0. The molecule has 1 atom stereocenters. The van der Waals surface area contributed by atoms with Gasteiger partial charge in [0.2, 0.25) is 5.91 Å². The molecule has 140 valence electrons. The first-order chi connectivity index (χ1) is 9.87. The summed E-state index contributed by atoms with van der Waals surface area (Å²) in [4.78, 5) is 36.0. The van der Waals surface area contributed by atoms with Crippen LogP contribution in [-0.2, 0) is 19.2 Å². The molecule has 0 aliphatic carbocycles. The van der Waals surface area contributed by atoms with Gasteiger partial charge in [0.1, 0.15) is 0 Å². The van der Waals surface area contributed by atoms with E-state index in [1.807, 2.05) is 0 Å². The lowest BCUT2D eigenvalue weighted by molar-refractivity contribution is -0.167. The van der Waals surface area contributed by atoms with Gasteiger partial charge in [-0.1, -0.05) is 0 Å². The Hall–Kier alpha value is -2.28. The second kappa shape index (κ2) is 19.7. The third-order valence-corrected chi connectivity index (χ3v) is 0.670. The zero-order valence-electron chi connectivity index (χ0n) is 13.5. The zero-order valence-corrected chi connectivity index (χ0v) is 13.5. The van der Waals surface area contributed by atoms with Crippen LogP contribution in [-0.4, -0.2) is 66.5 Å². The van der Waals surface area contributed by atoms with Crippen LogP contribution in [0.25, 0.3) is 0 Å². The Kier molecular flexibility index (Phi) is 28.0. The van der Waals surface area contributed by atoms with E-state index in [1.54, 1.807) is 0 Å². The Labute approximate surface area is 133 Å². The molecule has 0 bridgehead atoms. The normalized spacial score (nSPS) is 9.43. The van der Waals surface area contributed by atoms with Crippen LogP contribution in [0, 0.1) is 0 Å². The number of carbonyl (C=O) groups is 4. The first-order valence-corrected chi connectivity index (χ1v) is 5.65. The molecule has 0 aliphatic heterocycles. The molecule has 12 heteroatoms. The van der Waals surface area contributed by atoms with E-state index in [-0.39, 0.29) is 0 Å². The summed E-state index contributed by atoms with van der Waals surface area (Å²) in [5, 5.41) is 46.3. The van der Waals surface area contributed by atoms with E-state index in [0.717, 1.165) is 27.7 Å². The number of nitrogens with two attached hydrogens (primary N) is 2. The molecule has 0 rings (SSSR count). The van der Waals surface area contributed by atoms with Crippen molar-refractivity contribution >= 4 is 23.9 Å². The molecule has 12 nitrogen and oxygen atoms in total. The van der Waals surface area contributed by atoms with Gasteiger partial charge >= 0.3 is 0 Å². The summed E-state index contributed by atoms with van der Waals surface area (Å²) in [6, 6.07) is -0.813. The highest BCUT2D eigenvalue weighted by atomic mass is 16.5. The number of carboxylic acids is 4. The van der Waals surface area contributed by atoms with Crippen LogP contribution in [0.4, 0.5) is 0 Å². The van der Waals surface area contributed by atoms with Crippen molar-refractivity contribution in [3.8, 4) is 0 Å². The third-order valence-electron chi connectivity index (χ3n) is 0.670. The molecule has 23 heavy (non-hydrogen) atoms. The smallest absolute Gasteiger partial charge is 0.300 e. The van der Waals surface area contributed by atoms with Crippen LogP contribution in [0.15, 0.2) is 0 Å². The second-order valence-electron chi connectivity index (χ2n) is 3.65. The Morgan fingerprint density at radius 1 is 0.739 bits per heavy atom. The molecule has 0 amide bonds. The highest BCUT2D eigenvalue weighted by Crippen LogP contribution is 1.90. The van der Waals surface area contributed by atoms with Crippen molar-refractivity contribution in [3.63, 3.8) is 0 Å². The van der Waals surface area contributed by atoms with E-state index < -0.39 is 35.8 Å². The summed E-state index contributed by atoms with van der Waals surface area (Å²) in [6.07, 6.45) is 0. The molecular weight excluding hydrogens is 320 g/mol. The Balaban J connectivity index is -0.0000000604. The Morgan fingerprint density at radius 2 is 0.783 bits per heavy atom. The monoisotopic (exact) mass is 346 g/mol. The van der Waals surface area contributed by atoms with Gasteiger partial charge in [0.05, 0.1) is 6.04 Å². The minimum absolute atomic E-state index is 0.813. The molecular formula is C11H26N2O10. The molecule has 0 aromatic carbocycles. The van der Waals surface area contributed by atoms with E-state index in [2.05, 4.69) is 5.73 Å². The summed E-state index contributed by atoms with van der Waals surface area (Å²) < 4.78 is 0. The topological polar surface area (TPSA) is 242 Å². The van der Waals surface area contributed by atoms with Crippen molar-refractivity contribution in [1.82, 2.24) is 0 Å². The Bertz CT molecular complexity index is 272. The van der Waals surface area contributed by atoms with Gasteiger partial charge in [-0.2, -0.15) is 0 Å². The number of carboxylic acid groups (broad SMARTS) is 4. The van der Waals surface area contributed by atoms with Gasteiger partial charge in [0.15, 0.2) is 0 Å². The number of aliphatic hydroxyl groups is 2. The summed E-state index contributed by atoms with van der Waals surface area (Å²) in [6.45, 7) is 5.74. The lowest BCUT2D eigenvalue weighted by Crippen LogP contribution is -2.53. The fraction of sp³-hybridized carbons (Fsp3) is 0.636. The number of aliphatic carboxylic acids is 4. The molecule has 0 saturated carbocycles. The average Bonchev–Trinajstić information content (AvgIpc) is 2.10. The summed E-state index contributed by atoms with van der Waals surface area (Å²) in [7, 11) is 0. The number of hydrogen-bond donors (Lipinski definition) is 8. The maximum atomic E-state index is 9.00. The van der Waals surface area contributed by atoms with Crippen molar-refractivity contribution in [2.45, 2.75) is 46.6 Å². The first-order valence-electron chi connectivity index (χ1n) is 5.65. The van der Waals surface area contributed by atoms with Crippen molar-refractivity contribution < 1.29 is 49.8 Å². The van der Waals surface area contributed by atoms with E-state index in [0.29, 0.717) is 0 Å². The molecule has 10 N–H and O–H groups in total. The minimum atomic E-state index is -2.22. The van der Waals surface area contributed by atoms with E-state index >= 15 is 0 Å². The lowest BCUT2D eigenvalue weighted by Gasteiger charge is -2.18. The summed E-state index contributed by atoms with van der Waals surface area (Å²) >= 11 is 0. The van der Waals surface area contributed by atoms with Crippen LogP contribution in [0.5, 0.6) is 0 Å². The molecule has 0 aromatic rings. The zero-order chi connectivity index (χ0) is 20.4. The molecule has 1 unspecified atom stereocenters. The van der Waals surface area contributed by atoms with Gasteiger partial charge in [-0.05, 0) is 6.92 Å². The van der Waals surface area contributed by atoms with Crippen molar-refractivity contribution in [1.29, 1.82) is 0 Å². The van der Waals surface area contributed by atoms with Gasteiger partial charge in [-0.25, -0.2) is 0 Å². The van der Waals surface area contributed by atoms with Gasteiger partial charge in [0.25, 0.3) is 23.9 Å². The summed E-state index contributed by atoms with van der Waals surface area (Å²) in [5.74, 6) is -5.56. The molecule has 0 spiro atoms. The van der Waals surface area contributed by atoms with Crippen LogP contribution in [0.1, 0.15) is 34.6 Å². The Morgan fingerprint density at radius 3 is 0.783 bits per heavy atom. The standard InChI is InChI=1S/C3H10N2O2.4C2H4O2/c1-2(4)3(5,6)7;4*1-2(3)4/h2,6-7H,4-5H2,1H3;4*1H3,(H,3,4). The first kappa shape index (κ1) is 32.6. The fourth-order valence-electron chi connectivity index (χ4n) is 0. The molecule has 0 radical (unpaired) electrons. The second-order valence-corrected chi connectivity index (χ2v) is 3.65. The van der Waals surface area contributed by atoms with Crippen LogP contribution >= 0.6 is 0 Å². The van der Waals surface area contributed by atoms with E-state index in [1.165, 1.54) is 6.92 Å². The quantitative estimate of drug-likeness (QED) is 0.247. The minimum Gasteiger partial charge on any atom is -0.481 e. The van der Waals surface area contributed by atoms with Gasteiger partial charge in [0, 0.05) is 27.7 Å². The van der Waals surface area contributed by atoms with Gasteiger partial charge < -0.3 is 36.4 Å². The maximum Gasteiger partial charge on any atom is 0.300 e. The SMILES string of the molecule is CC(=O)O.CC(=O)O.CC(=O)O.CC(=O)O.CC(N)C(N)(O)O. The molecule has 0 fully saturated rings. The maximum absolute atomic E-state index is 9.00. The molecule has 0 aliphatic rings. The van der Waals surface area contributed by atoms with Crippen LogP contribution in [0.2, 0.25) is 0 Å². The van der Waals surface area contributed by atoms with Crippen LogP contribution in [0.3, 0.4) is 0 Å². The van der Waals surface area contributed by atoms with Gasteiger partial charge in [-0.3, -0.25) is 24.9 Å². The lowest BCUT2D eigenvalue weighted by atomic mass is 10.3. The summed E-state index contributed by atoms with van der Waals surface area (Å²) in [5.41, 5.74) is 9.61. The van der Waals surface area contributed by atoms with E-state index in [9.17, 15) is 0 Å². The van der Waals surface area contributed by atoms with E-state index in [4.69, 9.17) is 55.6 Å². The van der Waals surface area contributed by atoms with Gasteiger partial charge in [-0.15, -0.1) is 0 Å². The van der Waals surface area contributed by atoms with Crippen molar-refractivity contribution in [2.24, 2.45) is 11.5 Å². The third kappa shape index (κ3) is 447. The number of rotatable bonds is 1. The molecule has 0 aromatic heterocycles. The van der Waals surface area contributed by atoms with Crippen LogP contribution < -0.4 is 11.5 Å². The van der Waals surface area contributed by atoms with Crippen molar-refractivity contribution in [2.75, 3.05) is 0 Å². The van der Waals surface area contributed by atoms with Crippen molar-refractivity contribution in [3.05, 3.63) is 0 Å².